The zero-order chi connectivity index (χ0) is 26.8. The van der Waals surface area contributed by atoms with Crippen LogP contribution in [0.5, 0.6) is 17.2 Å². The molecule has 4 aromatic rings. The van der Waals surface area contributed by atoms with Gasteiger partial charge in [0.2, 0.25) is 0 Å². The molecule has 1 aliphatic heterocycles. The number of hydrogen-bond acceptors (Lipinski definition) is 5. The lowest BCUT2D eigenvalue weighted by Gasteiger charge is -2.27. The van der Waals surface area contributed by atoms with Crippen molar-refractivity contribution in [2.75, 3.05) is 27.9 Å². The van der Waals surface area contributed by atoms with Gasteiger partial charge in [0.1, 0.15) is 11.4 Å². The highest BCUT2D eigenvalue weighted by atomic mass is 16.5. The number of fused-ring (bicyclic) bond motifs is 1. The van der Waals surface area contributed by atoms with Crippen LogP contribution in [0, 0.1) is 0 Å². The number of ether oxygens (including phenoxy) is 3. The first-order valence-corrected chi connectivity index (χ1v) is 12.8. The second kappa shape index (κ2) is 10.6. The van der Waals surface area contributed by atoms with Crippen molar-refractivity contribution in [1.29, 1.82) is 0 Å². The first-order chi connectivity index (χ1) is 18.5. The third kappa shape index (κ3) is 4.49. The number of aromatic nitrogens is 2. The maximum absolute atomic E-state index is 13.9. The second-order valence-corrected chi connectivity index (χ2v) is 9.40. The van der Waals surface area contributed by atoms with Gasteiger partial charge < -0.3 is 19.1 Å². The zero-order valence-electron chi connectivity index (χ0n) is 22.5. The Labute approximate surface area is 223 Å². The Morgan fingerprint density at radius 2 is 1.53 bits per heavy atom. The highest BCUT2D eigenvalue weighted by molar-refractivity contribution is 6.00. The lowest BCUT2D eigenvalue weighted by atomic mass is 9.95. The van der Waals surface area contributed by atoms with E-state index < -0.39 is 0 Å². The third-order valence-corrected chi connectivity index (χ3v) is 7.29. The molecule has 3 aromatic carbocycles. The van der Waals surface area contributed by atoms with Crippen LogP contribution in [0.15, 0.2) is 66.7 Å². The fourth-order valence-electron chi connectivity index (χ4n) is 5.22. The number of carbonyl (C=O) groups is 1. The van der Waals surface area contributed by atoms with Crippen LogP contribution in [0.3, 0.4) is 0 Å². The lowest BCUT2D eigenvalue weighted by molar-refractivity contribution is 0.0742. The summed E-state index contributed by atoms with van der Waals surface area (Å²) in [5.74, 6) is 2.13. The third-order valence-electron chi connectivity index (χ3n) is 7.29. The zero-order valence-corrected chi connectivity index (χ0v) is 22.5. The fraction of sp³-hybridized carbons (Fsp3) is 0.290. The minimum absolute atomic E-state index is 0.0141. The predicted molar refractivity (Wildman–Crippen MR) is 147 cm³/mol. The largest absolute Gasteiger partial charge is 0.497 e. The van der Waals surface area contributed by atoms with Crippen molar-refractivity contribution >= 4 is 5.91 Å². The number of methoxy groups -OCH3 is 3. The molecule has 5 rings (SSSR count). The summed E-state index contributed by atoms with van der Waals surface area (Å²) in [6.07, 6.45) is 1.64. The van der Waals surface area contributed by atoms with Crippen LogP contribution in [-0.2, 0) is 19.9 Å². The van der Waals surface area contributed by atoms with E-state index in [1.54, 1.807) is 26.0 Å². The van der Waals surface area contributed by atoms with Gasteiger partial charge in [0.15, 0.2) is 11.5 Å². The Hall–Kier alpha value is -4.26. The molecule has 1 aromatic heterocycles. The average molecular weight is 512 g/mol. The number of rotatable bonds is 9. The van der Waals surface area contributed by atoms with Crippen LogP contribution in [0.25, 0.3) is 11.3 Å². The summed E-state index contributed by atoms with van der Waals surface area (Å²) in [6.45, 7) is 2.69. The van der Waals surface area contributed by atoms with E-state index in [1.165, 1.54) is 5.56 Å². The quantitative estimate of drug-likeness (QED) is 0.298. The Morgan fingerprint density at radius 3 is 2.16 bits per heavy atom. The predicted octanol–water partition coefficient (Wildman–Crippen LogP) is 5.46. The van der Waals surface area contributed by atoms with E-state index in [2.05, 4.69) is 31.2 Å². The maximum atomic E-state index is 13.9. The molecule has 0 aliphatic carbocycles. The summed E-state index contributed by atoms with van der Waals surface area (Å²) >= 11 is 0. The van der Waals surface area contributed by atoms with Gasteiger partial charge in [-0.25, -0.2) is 0 Å². The smallest absolute Gasteiger partial charge is 0.273 e. The summed E-state index contributed by atoms with van der Waals surface area (Å²) in [4.78, 5) is 15.9. The summed E-state index contributed by atoms with van der Waals surface area (Å²) < 4.78 is 18.0. The van der Waals surface area contributed by atoms with Crippen molar-refractivity contribution < 1.29 is 19.0 Å². The molecule has 0 saturated carbocycles. The van der Waals surface area contributed by atoms with Gasteiger partial charge in [-0.2, -0.15) is 5.10 Å². The molecule has 0 radical (unpaired) electrons. The second-order valence-electron chi connectivity index (χ2n) is 9.40. The Balaban J connectivity index is 1.55. The number of amides is 1. The molecule has 0 N–H and O–H groups in total. The number of hydrogen-bond donors (Lipinski definition) is 0. The number of benzene rings is 3. The first kappa shape index (κ1) is 25.4. The van der Waals surface area contributed by atoms with Crippen molar-refractivity contribution in [2.24, 2.45) is 7.05 Å². The number of carbonyl (C=O) groups excluding carboxylic acids is 1. The highest BCUT2D eigenvalue weighted by Gasteiger charge is 2.43. The van der Waals surface area contributed by atoms with Gasteiger partial charge in [-0.05, 0) is 65.9 Å². The number of nitrogens with zero attached hydrogens (tertiary/aromatic N) is 3. The van der Waals surface area contributed by atoms with Gasteiger partial charge in [0.05, 0.1) is 33.1 Å². The minimum atomic E-state index is -0.241. The monoisotopic (exact) mass is 511 g/mol. The van der Waals surface area contributed by atoms with Crippen LogP contribution in [0.2, 0.25) is 0 Å². The van der Waals surface area contributed by atoms with Gasteiger partial charge in [-0.15, -0.1) is 0 Å². The summed E-state index contributed by atoms with van der Waals surface area (Å²) in [6, 6.07) is 22.1. The Kier molecular flexibility index (Phi) is 7.09. The highest BCUT2D eigenvalue weighted by Crippen LogP contribution is 2.44. The van der Waals surface area contributed by atoms with Crippen molar-refractivity contribution in [3.05, 3.63) is 94.7 Å². The molecule has 0 saturated heterocycles. The fourth-order valence-corrected chi connectivity index (χ4v) is 5.22. The Bertz CT molecular complexity index is 1440. The Morgan fingerprint density at radius 1 is 0.842 bits per heavy atom. The average Bonchev–Trinajstić information content (AvgIpc) is 3.45. The van der Waals surface area contributed by atoms with Crippen molar-refractivity contribution in [3.63, 3.8) is 0 Å². The molecule has 0 bridgehead atoms. The van der Waals surface area contributed by atoms with Crippen LogP contribution in [-0.4, -0.2) is 48.5 Å². The van der Waals surface area contributed by atoms with E-state index in [-0.39, 0.29) is 11.9 Å². The molecular weight excluding hydrogens is 478 g/mol. The molecule has 0 unspecified atom stereocenters. The normalized spacial score (nSPS) is 14.5. The van der Waals surface area contributed by atoms with Crippen molar-refractivity contribution in [1.82, 2.24) is 14.7 Å². The SMILES string of the molecule is CCc1ccc([C@H]2c3c(-c4ccc(OC)cc4)nn(C)c3C(=O)N2CCc2ccc(OC)c(OC)c2)cc1. The minimum Gasteiger partial charge on any atom is -0.497 e. The first-order valence-electron chi connectivity index (χ1n) is 12.8. The topological polar surface area (TPSA) is 65.8 Å². The van der Waals surface area contributed by atoms with E-state index in [9.17, 15) is 4.79 Å². The molecule has 0 spiro atoms. The standard InChI is InChI=1S/C31H33N3O4/c1-6-20-7-10-23(11-8-20)29-27-28(22-12-14-24(36-3)15-13-22)32-33(2)30(27)31(35)34(29)18-17-21-9-16-25(37-4)26(19-21)38-5/h7-16,19,29H,6,17-18H2,1-5H3/t29-/m0/s1. The molecule has 7 heteroatoms. The van der Waals surface area contributed by atoms with Crippen LogP contribution in [0.1, 0.15) is 45.7 Å². The van der Waals surface area contributed by atoms with E-state index in [4.69, 9.17) is 19.3 Å². The number of aryl methyl sites for hydroxylation is 2. The molecule has 1 atom stereocenters. The van der Waals surface area contributed by atoms with Crippen molar-refractivity contribution in [2.45, 2.75) is 25.8 Å². The summed E-state index contributed by atoms with van der Waals surface area (Å²) in [5.41, 5.74) is 6.75. The molecule has 7 nitrogen and oxygen atoms in total. The van der Waals surface area contributed by atoms with Crippen LogP contribution in [0.4, 0.5) is 0 Å². The summed E-state index contributed by atoms with van der Waals surface area (Å²) in [5, 5.41) is 4.81. The van der Waals surface area contributed by atoms with E-state index in [1.807, 2.05) is 54.4 Å². The molecule has 2 heterocycles. The molecular formula is C31H33N3O4. The van der Waals surface area contributed by atoms with Crippen LogP contribution < -0.4 is 14.2 Å². The maximum Gasteiger partial charge on any atom is 0.273 e. The van der Waals surface area contributed by atoms with Crippen molar-refractivity contribution in [3.8, 4) is 28.5 Å². The molecule has 38 heavy (non-hydrogen) atoms. The van der Waals surface area contributed by atoms with Gasteiger partial charge in [-0.1, -0.05) is 37.3 Å². The van der Waals surface area contributed by atoms with E-state index >= 15 is 0 Å². The molecule has 0 fully saturated rings. The molecule has 1 aliphatic rings. The lowest BCUT2D eigenvalue weighted by Crippen LogP contribution is -2.32. The van der Waals surface area contributed by atoms with Gasteiger partial charge in [-0.3, -0.25) is 9.48 Å². The van der Waals surface area contributed by atoms with E-state index in [0.717, 1.165) is 40.1 Å². The van der Waals surface area contributed by atoms with Gasteiger partial charge in [0.25, 0.3) is 5.91 Å². The molecule has 1 amide bonds. The van der Waals surface area contributed by atoms with Gasteiger partial charge >= 0.3 is 0 Å². The molecule has 196 valence electrons. The van der Waals surface area contributed by atoms with Crippen LogP contribution >= 0.6 is 0 Å². The van der Waals surface area contributed by atoms with Gasteiger partial charge in [0, 0.05) is 24.7 Å². The van der Waals surface area contributed by atoms with E-state index in [0.29, 0.717) is 30.2 Å². The summed E-state index contributed by atoms with van der Waals surface area (Å²) in [7, 11) is 6.75.